The predicted molar refractivity (Wildman–Crippen MR) is 127 cm³/mol. The van der Waals surface area contributed by atoms with E-state index in [-0.39, 0.29) is 0 Å². The molecule has 0 aliphatic carbocycles. The highest BCUT2D eigenvalue weighted by atomic mass is 35.5. The van der Waals surface area contributed by atoms with Crippen molar-refractivity contribution in [3.05, 3.63) is 87.9 Å². The van der Waals surface area contributed by atoms with Gasteiger partial charge in [0.1, 0.15) is 12.4 Å². The molecule has 0 aliphatic heterocycles. The minimum Gasteiger partial charge on any atom is -0.497 e. The molecule has 0 unspecified atom stereocenters. The van der Waals surface area contributed by atoms with Gasteiger partial charge in [-0.3, -0.25) is 0 Å². The highest BCUT2D eigenvalue weighted by molar-refractivity contribution is 6.31. The largest absolute Gasteiger partial charge is 0.497 e. The van der Waals surface area contributed by atoms with Crippen molar-refractivity contribution in [2.45, 2.75) is 33.4 Å². The van der Waals surface area contributed by atoms with E-state index in [0.29, 0.717) is 36.3 Å². The maximum atomic E-state index is 6.55. The quantitative estimate of drug-likeness (QED) is 0.374. The van der Waals surface area contributed by atoms with Crippen LogP contribution >= 0.6 is 11.6 Å². The minimum absolute atomic E-state index is 0.475. The van der Waals surface area contributed by atoms with Gasteiger partial charge in [0.15, 0.2) is 11.5 Å². The molecule has 0 spiro atoms. The van der Waals surface area contributed by atoms with Gasteiger partial charge in [0.05, 0.1) is 13.7 Å². The lowest BCUT2D eigenvalue weighted by Gasteiger charge is -2.16. The molecular weight excluding hydrogens is 410 g/mol. The summed E-state index contributed by atoms with van der Waals surface area (Å²) in [5, 5.41) is 4.13. The monoisotopic (exact) mass is 439 g/mol. The second kappa shape index (κ2) is 11.6. The first-order valence-electron chi connectivity index (χ1n) is 10.6. The van der Waals surface area contributed by atoms with Gasteiger partial charge in [-0.1, -0.05) is 48.0 Å². The Morgan fingerprint density at radius 3 is 2.35 bits per heavy atom. The smallest absolute Gasteiger partial charge is 0.163 e. The van der Waals surface area contributed by atoms with Crippen molar-refractivity contribution in [3.63, 3.8) is 0 Å². The number of hydrogen-bond donors (Lipinski definition) is 1. The summed E-state index contributed by atoms with van der Waals surface area (Å²) in [5.74, 6) is 2.25. The summed E-state index contributed by atoms with van der Waals surface area (Å²) in [7, 11) is 1.68. The third-order valence-corrected chi connectivity index (χ3v) is 5.47. The molecule has 3 rings (SSSR count). The van der Waals surface area contributed by atoms with Gasteiger partial charge in [-0.05, 0) is 67.3 Å². The highest BCUT2D eigenvalue weighted by Crippen LogP contribution is 2.34. The standard InChI is InChI=1S/C26H30ClNO3/c1-4-30-25-15-22(17-28-14-13-20-9-11-23(29-3)12-10-20)24(27)16-26(25)31-18-21-8-6-5-7-19(21)2/h5-12,15-16,28H,4,13-14,17-18H2,1-3H3. The van der Waals surface area contributed by atoms with E-state index >= 15 is 0 Å². The van der Waals surface area contributed by atoms with Crippen LogP contribution in [0.1, 0.15) is 29.2 Å². The topological polar surface area (TPSA) is 39.7 Å². The van der Waals surface area contributed by atoms with E-state index in [1.54, 1.807) is 7.11 Å². The second-order valence-corrected chi connectivity index (χ2v) is 7.72. The average molecular weight is 440 g/mol. The predicted octanol–water partition coefficient (Wildman–Crippen LogP) is 5.97. The Bertz CT molecular complexity index is 973. The molecule has 0 amide bonds. The Hall–Kier alpha value is -2.69. The number of benzene rings is 3. The molecule has 164 valence electrons. The van der Waals surface area contributed by atoms with Crippen LogP contribution in [0.5, 0.6) is 17.2 Å². The SMILES string of the molecule is CCOc1cc(CNCCc2ccc(OC)cc2)c(Cl)cc1OCc1ccccc1C. The average Bonchev–Trinajstić information content (AvgIpc) is 2.79. The number of hydrogen-bond acceptors (Lipinski definition) is 4. The van der Waals surface area contributed by atoms with Crippen molar-refractivity contribution in [1.82, 2.24) is 5.32 Å². The second-order valence-electron chi connectivity index (χ2n) is 7.31. The highest BCUT2D eigenvalue weighted by Gasteiger charge is 2.12. The van der Waals surface area contributed by atoms with Crippen LogP contribution in [-0.2, 0) is 19.6 Å². The summed E-state index contributed by atoms with van der Waals surface area (Å²) in [6.07, 6.45) is 0.928. The zero-order valence-corrected chi connectivity index (χ0v) is 19.2. The van der Waals surface area contributed by atoms with E-state index in [2.05, 4.69) is 36.5 Å². The molecule has 0 bridgehead atoms. The molecule has 0 atom stereocenters. The molecule has 0 aliphatic rings. The molecule has 0 heterocycles. The van der Waals surface area contributed by atoms with E-state index in [0.717, 1.165) is 29.8 Å². The number of ether oxygens (including phenoxy) is 3. The van der Waals surface area contributed by atoms with Gasteiger partial charge in [0, 0.05) is 17.6 Å². The summed E-state index contributed by atoms with van der Waals surface area (Å²) in [6, 6.07) is 20.1. The van der Waals surface area contributed by atoms with Crippen molar-refractivity contribution in [3.8, 4) is 17.2 Å². The third-order valence-electron chi connectivity index (χ3n) is 5.12. The lowest BCUT2D eigenvalue weighted by molar-refractivity contribution is 0.268. The molecule has 3 aromatic carbocycles. The van der Waals surface area contributed by atoms with Gasteiger partial charge in [-0.15, -0.1) is 0 Å². The van der Waals surface area contributed by atoms with Gasteiger partial charge in [0.25, 0.3) is 0 Å². The number of methoxy groups -OCH3 is 1. The summed E-state index contributed by atoms with van der Waals surface area (Å²) in [6.45, 7) is 6.59. The minimum atomic E-state index is 0.475. The number of halogens is 1. The van der Waals surface area contributed by atoms with Crippen LogP contribution in [0.3, 0.4) is 0 Å². The Balaban J connectivity index is 1.60. The van der Waals surface area contributed by atoms with Crippen LogP contribution in [0.2, 0.25) is 5.02 Å². The van der Waals surface area contributed by atoms with Crippen LogP contribution in [-0.4, -0.2) is 20.3 Å². The van der Waals surface area contributed by atoms with Crippen molar-refractivity contribution < 1.29 is 14.2 Å². The first-order chi connectivity index (χ1) is 15.1. The van der Waals surface area contributed by atoms with E-state index < -0.39 is 0 Å². The number of rotatable bonds is 11. The van der Waals surface area contributed by atoms with Crippen LogP contribution in [0.15, 0.2) is 60.7 Å². The Labute approximate surface area is 190 Å². The maximum Gasteiger partial charge on any atom is 0.163 e. The number of nitrogens with one attached hydrogen (secondary N) is 1. The van der Waals surface area contributed by atoms with Crippen LogP contribution in [0, 0.1) is 6.92 Å². The molecule has 0 saturated heterocycles. The summed E-state index contributed by atoms with van der Waals surface area (Å²) in [5.41, 5.74) is 4.59. The molecule has 31 heavy (non-hydrogen) atoms. The zero-order valence-electron chi connectivity index (χ0n) is 18.4. The molecule has 0 radical (unpaired) electrons. The molecule has 3 aromatic rings. The van der Waals surface area contributed by atoms with Crippen LogP contribution in [0.4, 0.5) is 0 Å². The van der Waals surface area contributed by atoms with E-state index in [1.165, 1.54) is 11.1 Å². The Kier molecular flexibility index (Phi) is 8.63. The van der Waals surface area contributed by atoms with E-state index in [1.807, 2.05) is 43.3 Å². The fourth-order valence-electron chi connectivity index (χ4n) is 3.27. The van der Waals surface area contributed by atoms with Crippen molar-refractivity contribution in [2.75, 3.05) is 20.3 Å². The molecule has 0 saturated carbocycles. The Morgan fingerprint density at radius 1 is 0.903 bits per heavy atom. The fourth-order valence-corrected chi connectivity index (χ4v) is 3.49. The van der Waals surface area contributed by atoms with E-state index in [9.17, 15) is 0 Å². The lowest BCUT2D eigenvalue weighted by Crippen LogP contribution is -2.17. The summed E-state index contributed by atoms with van der Waals surface area (Å²) >= 11 is 6.55. The normalized spacial score (nSPS) is 10.7. The van der Waals surface area contributed by atoms with Crippen molar-refractivity contribution >= 4 is 11.6 Å². The van der Waals surface area contributed by atoms with Gasteiger partial charge >= 0.3 is 0 Å². The van der Waals surface area contributed by atoms with Gasteiger partial charge in [0.2, 0.25) is 0 Å². The molecule has 0 aromatic heterocycles. The van der Waals surface area contributed by atoms with Crippen LogP contribution < -0.4 is 19.5 Å². The number of aryl methyl sites for hydroxylation is 1. The fraction of sp³-hybridized carbons (Fsp3) is 0.308. The van der Waals surface area contributed by atoms with Crippen LogP contribution in [0.25, 0.3) is 0 Å². The zero-order chi connectivity index (χ0) is 22.1. The lowest BCUT2D eigenvalue weighted by atomic mass is 10.1. The Morgan fingerprint density at radius 2 is 1.65 bits per heavy atom. The van der Waals surface area contributed by atoms with Gasteiger partial charge in [-0.25, -0.2) is 0 Å². The van der Waals surface area contributed by atoms with Gasteiger partial charge < -0.3 is 19.5 Å². The molecule has 5 heteroatoms. The molecule has 0 fully saturated rings. The molecule has 1 N–H and O–H groups in total. The summed E-state index contributed by atoms with van der Waals surface area (Å²) in [4.78, 5) is 0. The molecule has 4 nitrogen and oxygen atoms in total. The third kappa shape index (κ3) is 6.65. The maximum absolute atomic E-state index is 6.55. The first kappa shape index (κ1) is 23.0. The van der Waals surface area contributed by atoms with Crippen molar-refractivity contribution in [1.29, 1.82) is 0 Å². The molecular formula is C26H30ClNO3. The summed E-state index contributed by atoms with van der Waals surface area (Å²) < 4.78 is 17.1. The van der Waals surface area contributed by atoms with Crippen molar-refractivity contribution in [2.24, 2.45) is 0 Å². The first-order valence-corrected chi connectivity index (χ1v) is 10.9. The van der Waals surface area contributed by atoms with Gasteiger partial charge in [-0.2, -0.15) is 0 Å². The van der Waals surface area contributed by atoms with E-state index in [4.69, 9.17) is 25.8 Å².